The maximum Gasteiger partial charge on any atom is 0.0802 e. The zero-order valence-corrected chi connectivity index (χ0v) is 20.1. The second kappa shape index (κ2) is 11.9. The van der Waals surface area contributed by atoms with Crippen molar-refractivity contribution >= 4 is 18.5 Å². The predicted molar refractivity (Wildman–Crippen MR) is 142 cm³/mol. The fraction of sp³-hybridized carbons (Fsp3) is 0.200. The van der Waals surface area contributed by atoms with E-state index < -0.39 is 14.0 Å². The van der Waals surface area contributed by atoms with Gasteiger partial charge in [0.2, 0.25) is 0 Å². The minimum absolute atomic E-state index is 0.265. The molecular weight excluding hydrogens is 421 g/mol. The van der Waals surface area contributed by atoms with E-state index in [9.17, 15) is 5.11 Å². The highest BCUT2D eigenvalue weighted by Gasteiger charge is 2.24. The zero-order valence-electron chi connectivity index (χ0n) is 19.2. The van der Waals surface area contributed by atoms with Crippen molar-refractivity contribution in [3.05, 3.63) is 132 Å². The standard InChI is InChI=1S/C30H32NOP/c1-31(23-22-30(32)26-16-8-3-9-17-26)29(25-14-6-2-7-15-25)24-33(27-18-10-4-11-19-27)28-20-12-5-13-21-28/h2-21,29-30,32H,22-24H2,1H3. The second-order valence-electron chi connectivity index (χ2n) is 8.40. The molecule has 0 aliphatic carbocycles. The Morgan fingerprint density at radius 1 is 0.636 bits per heavy atom. The molecule has 0 radical (unpaired) electrons. The summed E-state index contributed by atoms with van der Waals surface area (Å²) in [6.45, 7) is 0.822. The Kier molecular flexibility index (Phi) is 8.44. The molecule has 0 fully saturated rings. The Hall–Kier alpha value is -2.77. The molecule has 0 amide bonds. The molecule has 3 heteroatoms. The maximum absolute atomic E-state index is 10.7. The van der Waals surface area contributed by atoms with Gasteiger partial charge in [-0.1, -0.05) is 121 Å². The van der Waals surface area contributed by atoms with E-state index in [1.807, 2.05) is 30.3 Å². The van der Waals surface area contributed by atoms with Gasteiger partial charge >= 0.3 is 0 Å². The maximum atomic E-state index is 10.7. The molecule has 4 aromatic rings. The fourth-order valence-electron chi connectivity index (χ4n) is 4.25. The van der Waals surface area contributed by atoms with Crippen LogP contribution in [0.5, 0.6) is 0 Å². The van der Waals surface area contributed by atoms with E-state index in [0.717, 1.165) is 18.3 Å². The Morgan fingerprint density at radius 3 is 1.55 bits per heavy atom. The van der Waals surface area contributed by atoms with Crippen molar-refractivity contribution in [2.45, 2.75) is 18.6 Å². The van der Waals surface area contributed by atoms with Crippen LogP contribution in [0.3, 0.4) is 0 Å². The molecule has 0 heterocycles. The molecule has 33 heavy (non-hydrogen) atoms. The van der Waals surface area contributed by atoms with Crippen LogP contribution in [0, 0.1) is 0 Å². The number of rotatable bonds is 10. The zero-order chi connectivity index (χ0) is 22.9. The molecule has 0 bridgehead atoms. The second-order valence-corrected chi connectivity index (χ2v) is 10.7. The highest BCUT2D eigenvalue weighted by molar-refractivity contribution is 7.73. The van der Waals surface area contributed by atoms with E-state index in [-0.39, 0.29) is 6.04 Å². The van der Waals surface area contributed by atoms with Crippen molar-refractivity contribution in [1.82, 2.24) is 4.90 Å². The van der Waals surface area contributed by atoms with Crippen molar-refractivity contribution < 1.29 is 5.11 Å². The van der Waals surface area contributed by atoms with Gasteiger partial charge in [-0.05, 0) is 49.3 Å². The molecule has 2 unspecified atom stereocenters. The average Bonchev–Trinajstić information content (AvgIpc) is 2.90. The lowest BCUT2D eigenvalue weighted by atomic mass is 10.0. The quantitative estimate of drug-likeness (QED) is 0.302. The van der Waals surface area contributed by atoms with Crippen LogP contribution in [0.25, 0.3) is 0 Å². The third-order valence-electron chi connectivity index (χ3n) is 6.15. The average molecular weight is 454 g/mol. The summed E-state index contributed by atoms with van der Waals surface area (Å²) in [4.78, 5) is 2.42. The number of aliphatic hydroxyl groups excluding tert-OH is 1. The number of hydrogen-bond donors (Lipinski definition) is 1. The fourth-order valence-corrected chi connectivity index (χ4v) is 6.87. The van der Waals surface area contributed by atoms with E-state index >= 15 is 0 Å². The predicted octanol–water partition coefficient (Wildman–Crippen LogP) is 5.92. The van der Waals surface area contributed by atoms with Gasteiger partial charge in [-0.3, -0.25) is 4.90 Å². The summed E-state index contributed by atoms with van der Waals surface area (Å²) in [5.74, 6) is 0. The van der Waals surface area contributed by atoms with Crippen molar-refractivity contribution in [2.75, 3.05) is 19.8 Å². The van der Waals surface area contributed by atoms with Gasteiger partial charge in [-0.25, -0.2) is 0 Å². The summed E-state index contributed by atoms with van der Waals surface area (Å²) in [5, 5.41) is 13.5. The normalized spacial score (nSPS) is 13.2. The number of benzene rings is 4. The van der Waals surface area contributed by atoms with Gasteiger partial charge in [0, 0.05) is 12.6 Å². The van der Waals surface area contributed by atoms with Crippen molar-refractivity contribution in [2.24, 2.45) is 0 Å². The molecule has 2 atom stereocenters. The summed E-state index contributed by atoms with van der Waals surface area (Å²) >= 11 is 0. The highest BCUT2D eigenvalue weighted by atomic mass is 31.1. The van der Waals surface area contributed by atoms with E-state index in [2.05, 4.69) is 103 Å². The number of aliphatic hydroxyl groups is 1. The van der Waals surface area contributed by atoms with Crippen LogP contribution in [-0.4, -0.2) is 29.8 Å². The van der Waals surface area contributed by atoms with E-state index in [0.29, 0.717) is 6.42 Å². The first-order chi connectivity index (χ1) is 16.2. The first kappa shape index (κ1) is 23.4. The number of nitrogens with zero attached hydrogens (tertiary/aromatic N) is 1. The van der Waals surface area contributed by atoms with Gasteiger partial charge in [-0.15, -0.1) is 0 Å². The molecule has 0 aliphatic rings. The molecule has 0 aliphatic heterocycles. The lowest BCUT2D eigenvalue weighted by Gasteiger charge is -2.33. The smallest absolute Gasteiger partial charge is 0.0802 e. The molecule has 168 valence electrons. The first-order valence-corrected chi connectivity index (χ1v) is 13.1. The molecule has 2 nitrogen and oxygen atoms in total. The largest absolute Gasteiger partial charge is 0.388 e. The van der Waals surface area contributed by atoms with Crippen LogP contribution in [0.15, 0.2) is 121 Å². The molecule has 0 spiro atoms. The summed E-state index contributed by atoms with van der Waals surface area (Å²) in [6, 6.07) is 42.9. The molecular formula is C30H32NOP. The number of hydrogen-bond acceptors (Lipinski definition) is 2. The minimum Gasteiger partial charge on any atom is -0.388 e. The van der Waals surface area contributed by atoms with Crippen LogP contribution in [0.2, 0.25) is 0 Å². The summed E-state index contributed by atoms with van der Waals surface area (Å²) in [7, 11) is 1.67. The molecule has 4 rings (SSSR count). The van der Waals surface area contributed by atoms with Crippen LogP contribution in [0.1, 0.15) is 29.7 Å². The molecule has 0 saturated heterocycles. The van der Waals surface area contributed by atoms with E-state index in [4.69, 9.17) is 0 Å². The van der Waals surface area contributed by atoms with Gasteiger partial charge < -0.3 is 5.11 Å². The third-order valence-corrected chi connectivity index (χ3v) is 8.70. The molecule has 1 N–H and O–H groups in total. The van der Waals surface area contributed by atoms with Gasteiger partial charge in [0.25, 0.3) is 0 Å². The van der Waals surface area contributed by atoms with Gasteiger partial charge in [0.05, 0.1) is 6.10 Å². The van der Waals surface area contributed by atoms with Crippen molar-refractivity contribution in [3.8, 4) is 0 Å². The molecule has 0 aromatic heterocycles. The topological polar surface area (TPSA) is 23.5 Å². The lowest BCUT2D eigenvalue weighted by Crippen LogP contribution is -2.31. The van der Waals surface area contributed by atoms with Crippen molar-refractivity contribution in [1.29, 1.82) is 0 Å². The lowest BCUT2D eigenvalue weighted by molar-refractivity contribution is 0.139. The summed E-state index contributed by atoms with van der Waals surface area (Å²) < 4.78 is 0. The van der Waals surface area contributed by atoms with Crippen LogP contribution < -0.4 is 10.6 Å². The highest BCUT2D eigenvalue weighted by Crippen LogP contribution is 2.40. The third kappa shape index (κ3) is 6.39. The van der Waals surface area contributed by atoms with E-state index in [1.165, 1.54) is 16.2 Å². The summed E-state index contributed by atoms with van der Waals surface area (Å²) in [6.07, 6.45) is 1.29. The monoisotopic (exact) mass is 453 g/mol. The minimum atomic E-state index is -0.520. The summed E-state index contributed by atoms with van der Waals surface area (Å²) in [5.41, 5.74) is 2.31. The van der Waals surface area contributed by atoms with Gasteiger partial charge in [0.15, 0.2) is 0 Å². The van der Waals surface area contributed by atoms with Gasteiger partial charge in [0.1, 0.15) is 0 Å². The molecule has 4 aromatic carbocycles. The Labute approximate surface area is 199 Å². The SMILES string of the molecule is CN(CCC(O)c1ccccc1)C(CP(c1ccccc1)c1ccccc1)c1ccccc1. The molecule has 0 saturated carbocycles. The van der Waals surface area contributed by atoms with E-state index in [1.54, 1.807) is 0 Å². The Bertz CT molecular complexity index is 1030. The Balaban J connectivity index is 1.58. The van der Waals surface area contributed by atoms with Crippen LogP contribution in [-0.2, 0) is 0 Å². The van der Waals surface area contributed by atoms with Gasteiger partial charge in [-0.2, -0.15) is 0 Å². The van der Waals surface area contributed by atoms with Crippen LogP contribution in [0.4, 0.5) is 0 Å². The van der Waals surface area contributed by atoms with Crippen LogP contribution >= 0.6 is 7.92 Å². The van der Waals surface area contributed by atoms with Crippen molar-refractivity contribution in [3.63, 3.8) is 0 Å². The Morgan fingerprint density at radius 2 is 1.06 bits per heavy atom. The first-order valence-electron chi connectivity index (χ1n) is 11.6.